The van der Waals surface area contributed by atoms with Gasteiger partial charge in [0.05, 0.1) is 37.8 Å². The highest BCUT2D eigenvalue weighted by Crippen LogP contribution is 2.43. The Labute approximate surface area is 251 Å². The van der Waals surface area contributed by atoms with Gasteiger partial charge in [-0.3, -0.25) is 9.59 Å². The molecule has 3 aromatic rings. The zero-order valence-electron chi connectivity index (χ0n) is 23.9. The molecule has 0 aliphatic carbocycles. The van der Waals surface area contributed by atoms with Gasteiger partial charge in [0.25, 0.3) is 5.91 Å². The molecule has 3 heterocycles. The molecule has 230 valence electrons. The van der Waals surface area contributed by atoms with Crippen molar-refractivity contribution < 1.29 is 54.1 Å². The first-order chi connectivity index (χ1) is 21.1. The highest BCUT2D eigenvalue weighted by atomic mass is 16.7. The number of aromatic hydroxyl groups is 1. The Balaban J connectivity index is 1.56. The fraction of sp³-hybridized carbons (Fsp3) is 0.375. The predicted octanol–water partition coefficient (Wildman–Crippen LogP) is 0.784. The second kappa shape index (κ2) is 11.3. The summed E-state index contributed by atoms with van der Waals surface area (Å²) in [4.78, 5) is 28.4. The van der Waals surface area contributed by atoms with Crippen LogP contribution in [0.2, 0.25) is 0 Å². The first-order valence-corrected chi connectivity index (χ1v) is 14.0. The van der Waals surface area contributed by atoms with Crippen LogP contribution in [-0.2, 0) is 22.4 Å². The summed E-state index contributed by atoms with van der Waals surface area (Å²) in [7, 11) is 1.41. The number of phenolic OH excluding ortho intramolecular Hbond substituents is 1. The molecule has 0 saturated carbocycles. The number of hydrogen-bond donors (Lipinski definition) is 5. The van der Waals surface area contributed by atoms with E-state index < -0.39 is 54.9 Å². The highest BCUT2D eigenvalue weighted by Gasteiger charge is 2.58. The number of fused-ring (bicyclic) bond motifs is 4. The lowest BCUT2D eigenvalue weighted by molar-refractivity contribution is -0.326. The molecule has 6 bridgehead atoms. The fourth-order valence-electron chi connectivity index (χ4n) is 6.11. The highest BCUT2D eigenvalue weighted by molar-refractivity contribution is 6.10. The normalized spacial score (nSPS) is 26.4. The van der Waals surface area contributed by atoms with Gasteiger partial charge in [-0.25, -0.2) is 0 Å². The smallest absolute Gasteiger partial charge is 0.254 e. The molecule has 5 atom stereocenters. The van der Waals surface area contributed by atoms with Crippen molar-refractivity contribution in [3.63, 3.8) is 0 Å². The van der Waals surface area contributed by atoms with Gasteiger partial charge in [-0.2, -0.15) is 0 Å². The van der Waals surface area contributed by atoms with Crippen molar-refractivity contribution in [1.82, 2.24) is 4.90 Å². The van der Waals surface area contributed by atoms with E-state index in [1.165, 1.54) is 18.1 Å². The van der Waals surface area contributed by atoms with Gasteiger partial charge in [0.15, 0.2) is 17.5 Å². The van der Waals surface area contributed by atoms with Gasteiger partial charge in [-0.1, -0.05) is 24.1 Å². The second-order valence-electron chi connectivity index (χ2n) is 11.1. The Hall–Kier alpha value is -4.38. The lowest BCUT2D eigenvalue weighted by atomic mass is 9.86. The second-order valence-corrected chi connectivity index (χ2v) is 11.1. The average molecular weight is 606 g/mol. The van der Waals surface area contributed by atoms with E-state index in [1.807, 2.05) is 0 Å². The summed E-state index contributed by atoms with van der Waals surface area (Å²) in [6.07, 6.45) is -3.72. The summed E-state index contributed by atoms with van der Waals surface area (Å²) in [5.41, 5.74) is -0.171. The van der Waals surface area contributed by atoms with Crippen molar-refractivity contribution in [2.24, 2.45) is 0 Å². The van der Waals surface area contributed by atoms with E-state index in [-0.39, 0.29) is 42.1 Å². The van der Waals surface area contributed by atoms with E-state index in [0.29, 0.717) is 33.4 Å². The minimum absolute atomic E-state index is 0.0321. The predicted molar refractivity (Wildman–Crippen MR) is 153 cm³/mol. The third-order valence-electron chi connectivity index (χ3n) is 8.43. The largest absolute Gasteiger partial charge is 0.506 e. The van der Waals surface area contributed by atoms with E-state index in [4.69, 9.17) is 18.9 Å². The van der Waals surface area contributed by atoms with Crippen LogP contribution >= 0.6 is 0 Å². The first kappa shape index (κ1) is 29.7. The van der Waals surface area contributed by atoms with Crippen LogP contribution in [0.4, 0.5) is 0 Å². The number of Topliss-reactive ketones (excluding diaryl/α,β-unsaturated/α-hetero) is 1. The van der Waals surface area contributed by atoms with Crippen LogP contribution in [0, 0.1) is 19.0 Å². The standard InChI is InChI=1S/C32H31NO11/c1-16-9-18-10-19(41-2)11-23-26(18)28(38)25(16)22(36)13-33-12-21-17(5-3-7-20(21)30(33)39)6-4-8-42-29-27(37)24(14-34)44-31(43-23)32(29,40)15-35/h3,5,7,9-11,24,27,29,31,34-35,37-38,40H,6,12-15H2,1-2H3. The summed E-state index contributed by atoms with van der Waals surface area (Å²) >= 11 is 0. The molecule has 6 rings (SSSR count). The lowest BCUT2D eigenvalue weighted by Gasteiger charge is -2.47. The molecule has 3 aliphatic heterocycles. The van der Waals surface area contributed by atoms with Gasteiger partial charge < -0.3 is 49.4 Å². The van der Waals surface area contributed by atoms with Crippen LogP contribution in [0.15, 0.2) is 36.4 Å². The Kier molecular flexibility index (Phi) is 7.61. The molecular weight excluding hydrogens is 574 g/mol. The number of amides is 1. The molecule has 1 amide bonds. The number of phenols is 1. The summed E-state index contributed by atoms with van der Waals surface area (Å²) in [5, 5.41) is 55.0. The van der Waals surface area contributed by atoms with Gasteiger partial charge >= 0.3 is 0 Å². The molecule has 3 aliphatic rings. The number of ketones is 1. The SMILES string of the molecule is COc1cc2c3c(O)c(c(C)cc3c1)C(=O)CN1Cc3c(cccc3C1=O)CC#COC1C(O)C(CO)OC(O2)C1(O)CO. The monoisotopic (exact) mass is 605 g/mol. The van der Waals surface area contributed by atoms with E-state index in [2.05, 4.69) is 12.0 Å². The molecule has 12 nitrogen and oxygen atoms in total. The number of nitrogens with zero attached hydrogens (tertiary/aromatic N) is 1. The van der Waals surface area contributed by atoms with Crippen LogP contribution in [0.5, 0.6) is 17.2 Å². The molecule has 5 unspecified atom stereocenters. The van der Waals surface area contributed by atoms with Gasteiger partial charge in [0.2, 0.25) is 6.29 Å². The van der Waals surface area contributed by atoms with Crippen LogP contribution in [0.3, 0.4) is 0 Å². The van der Waals surface area contributed by atoms with Crippen LogP contribution in [0.1, 0.15) is 37.4 Å². The van der Waals surface area contributed by atoms with Crippen molar-refractivity contribution in [2.45, 2.75) is 50.1 Å². The summed E-state index contributed by atoms with van der Waals surface area (Å²) in [5.74, 6) is 1.74. The molecule has 3 aromatic carbocycles. The van der Waals surface area contributed by atoms with Gasteiger partial charge in [-0.15, -0.1) is 0 Å². The van der Waals surface area contributed by atoms with Crippen molar-refractivity contribution in [2.75, 3.05) is 26.9 Å². The summed E-state index contributed by atoms with van der Waals surface area (Å²) in [6.45, 7) is -0.208. The van der Waals surface area contributed by atoms with E-state index >= 15 is 0 Å². The molecule has 1 fully saturated rings. The summed E-state index contributed by atoms with van der Waals surface area (Å²) < 4.78 is 22.8. The molecule has 1 saturated heterocycles. The Morgan fingerprint density at radius 1 is 1.16 bits per heavy atom. The number of hydrogen-bond acceptors (Lipinski definition) is 11. The van der Waals surface area contributed by atoms with E-state index in [0.717, 1.165) is 0 Å². The lowest BCUT2D eigenvalue weighted by Crippen LogP contribution is -2.70. The number of methoxy groups -OCH3 is 1. The number of aliphatic hydroxyl groups excluding tert-OH is 3. The van der Waals surface area contributed by atoms with Gasteiger partial charge in [0.1, 0.15) is 35.6 Å². The molecule has 12 heteroatoms. The molecular formula is C32H31NO11. The van der Waals surface area contributed by atoms with Crippen LogP contribution in [0.25, 0.3) is 10.8 Å². The van der Waals surface area contributed by atoms with Crippen molar-refractivity contribution >= 4 is 22.5 Å². The Morgan fingerprint density at radius 2 is 1.95 bits per heavy atom. The summed E-state index contributed by atoms with van der Waals surface area (Å²) in [6, 6.07) is 9.82. The van der Waals surface area contributed by atoms with Gasteiger partial charge in [0, 0.05) is 24.6 Å². The third kappa shape index (κ3) is 4.70. The zero-order chi connectivity index (χ0) is 31.3. The van der Waals surface area contributed by atoms with Crippen LogP contribution < -0.4 is 9.47 Å². The Morgan fingerprint density at radius 3 is 2.68 bits per heavy atom. The van der Waals surface area contributed by atoms with Gasteiger partial charge in [-0.05, 0) is 41.1 Å². The number of carbonyl (C=O) groups is 2. The number of rotatable bonds is 3. The number of carbonyl (C=O) groups excluding carboxylic acids is 2. The van der Waals surface area contributed by atoms with Crippen molar-refractivity contribution in [1.29, 1.82) is 0 Å². The quantitative estimate of drug-likeness (QED) is 0.267. The average Bonchev–Trinajstić information content (AvgIpc) is 3.32. The molecule has 0 radical (unpaired) electrons. The maximum atomic E-state index is 13.7. The maximum Gasteiger partial charge on any atom is 0.254 e. The number of ether oxygens (including phenoxy) is 4. The maximum absolute atomic E-state index is 13.7. The first-order valence-electron chi connectivity index (χ1n) is 14.0. The van der Waals surface area contributed by atoms with E-state index in [9.17, 15) is 35.1 Å². The fourth-order valence-corrected chi connectivity index (χ4v) is 6.11. The number of aryl methyl sites for hydroxylation is 1. The minimum atomic E-state index is -2.42. The number of aliphatic hydroxyl groups is 4. The van der Waals surface area contributed by atoms with Crippen LogP contribution in [-0.4, -0.2) is 99.2 Å². The molecule has 5 N–H and O–H groups in total. The zero-order valence-corrected chi connectivity index (χ0v) is 23.9. The molecule has 0 aromatic heterocycles. The molecule has 0 spiro atoms. The topological polar surface area (TPSA) is 175 Å². The molecule has 44 heavy (non-hydrogen) atoms. The third-order valence-corrected chi connectivity index (χ3v) is 8.43. The van der Waals surface area contributed by atoms with Crippen molar-refractivity contribution in [3.05, 3.63) is 64.2 Å². The Bertz CT molecular complexity index is 1730. The van der Waals surface area contributed by atoms with Crippen molar-refractivity contribution in [3.8, 4) is 29.3 Å². The minimum Gasteiger partial charge on any atom is -0.506 e. The van der Waals surface area contributed by atoms with E-state index in [1.54, 1.807) is 37.3 Å². The number of benzene rings is 3.